The number of rotatable bonds is 8. The Balaban J connectivity index is 1.61. The lowest BCUT2D eigenvalue weighted by atomic mass is 10.1. The topological polar surface area (TPSA) is 63.0 Å². The number of carbonyl (C=O) groups excluding carboxylic acids is 1. The molecule has 0 aliphatic rings. The highest BCUT2D eigenvalue weighted by Crippen LogP contribution is 2.21. The van der Waals surface area contributed by atoms with Crippen molar-refractivity contribution in [1.82, 2.24) is 24.2 Å². The van der Waals surface area contributed by atoms with Gasteiger partial charge in [-0.2, -0.15) is 0 Å². The van der Waals surface area contributed by atoms with Crippen LogP contribution in [0.15, 0.2) is 73.3 Å². The minimum atomic E-state index is -0.0937. The van der Waals surface area contributed by atoms with E-state index < -0.39 is 0 Å². The molecule has 0 unspecified atom stereocenters. The van der Waals surface area contributed by atoms with E-state index in [0.29, 0.717) is 18.8 Å². The van der Waals surface area contributed by atoms with Crippen molar-refractivity contribution in [1.29, 1.82) is 0 Å². The van der Waals surface area contributed by atoms with Gasteiger partial charge in [0.2, 0.25) is 0 Å². The van der Waals surface area contributed by atoms with E-state index in [-0.39, 0.29) is 5.91 Å². The molecular formula is C25H27N5O2. The Morgan fingerprint density at radius 3 is 2.59 bits per heavy atom. The number of amides is 1. The van der Waals surface area contributed by atoms with Crippen molar-refractivity contribution in [2.24, 2.45) is 0 Å². The van der Waals surface area contributed by atoms with Gasteiger partial charge in [0.1, 0.15) is 17.1 Å². The zero-order valence-corrected chi connectivity index (χ0v) is 18.6. The van der Waals surface area contributed by atoms with Crippen LogP contribution in [0, 0.1) is 0 Å². The van der Waals surface area contributed by atoms with Gasteiger partial charge >= 0.3 is 0 Å². The maximum atomic E-state index is 13.4. The average Bonchev–Trinajstić information content (AvgIpc) is 3.25. The largest absolute Gasteiger partial charge is 0.497 e. The second-order valence-electron chi connectivity index (χ2n) is 7.92. The van der Waals surface area contributed by atoms with Crippen LogP contribution in [0.1, 0.15) is 16.1 Å². The highest BCUT2D eigenvalue weighted by atomic mass is 16.5. The van der Waals surface area contributed by atoms with E-state index in [1.165, 1.54) is 0 Å². The number of fused-ring (bicyclic) bond motifs is 1. The third kappa shape index (κ3) is 4.95. The summed E-state index contributed by atoms with van der Waals surface area (Å²) in [5.41, 5.74) is 4.27. The maximum Gasteiger partial charge on any atom is 0.274 e. The van der Waals surface area contributed by atoms with Gasteiger partial charge in [-0.15, -0.1) is 0 Å². The molecular weight excluding hydrogens is 402 g/mol. The van der Waals surface area contributed by atoms with Gasteiger partial charge in [0.05, 0.1) is 7.11 Å². The zero-order valence-electron chi connectivity index (χ0n) is 18.6. The van der Waals surface area contributed by atoms with Crippen LogP contribution in [0.25, 0.3) is 16.8 Å². The smallest absolute Gasteiger partial charge is 0.274 e. The predicted octanol–water partition coefficient (Wildman–Crippen LogP) is 3.61. The second kappa shape index (κ2) is 9.62. The summed E-state index contributed by atoms with van der Waals surface area (Å²) in [4.78, 5) is 26.0. The first-order valence-corrected chi connectivity index (χ1v) is 10.5. The molecule has 0 saturated carbocycles. The number of likely N-dealkylation sites (N-methyl/N-ethyl adjacent to an activating group) is 1. The van der Waals surface area contributed by atoms with Gasteiger partial charge < -0.3 is 18.9 Å². The Bertz CT molecular complexity index is 1200. The van der Waals surface area contributed by atoms with Crippen LogP contribution >= 0.6 is 0 Å². The highest BCUT2D eigenvalue weighted by molar-refractivity contribution is 5.93. The summed E-state index contributed by atoms with van der Waals surface area (Å²) in [5, 5.41) is 0. The Morgan fingerprint density at radius 2 is 1.84 bits per heavy atom. The van der Waals surface area contributed by atoms with Crippen molar-refractivity contribution in [3.05, 3.63) is 84.6 Å². The Kier molecular flexibility index (Phi) is 6.47. The minimum absolute atomic E-state index is 0.0937. The molecule has 1 aromatic carbocycles. The van der Waals surface area contributed by atoms with E-state index >= 15 is 0 Å². The minimum Gasteiger partial charge on any atom is -0.497 e. The summed E-state index contributed by atoms with van der Waals surface area (Å²) >= 11 is 0. The van der Waals surface area contributed by atoms with E-state index in [1.807, 2.05) is 78.1 Å². The van der Waals surface area contributed by atoms with Gasteiger partial charge in [0, 0.05) is 44.4 Å². The van der Waals surface area contributed by atoms with Gasteiger partial charge in [-0.1, -0.05) is 12.1 Å². The first-order valence-electron chi connectivity index (χ1n) is 10.5. The third-order valence-corrected chi connectivity index (χ3v) is 5.30. The number of aromatic nitrogens is 3. The number of hydrogen-bond donors (Lipinski definition) is 0. The van der Waals surface area contributed by atoms with Crippen LogP contribution in [-0.4, -0.2) is 64.4 Å². The lowest BCUT2D eigenvalue weighted by Crippen LogP contribution is -2.36. The van der Waals surface area contributed by atoms with Crippen molar-refractivity contribution in [2.45, 2.75) is 6.54 Å². The summed E-state index contributed by atoms with van der Waals surface area (Å²) in [5.74, 6) is 0.683. The molecule has 164 valence electrons. The number of pyridine rings is 2. The molecule has 32 heavy (non-hydrogen) atoms. The molecule has 4 aromatic rings. The number of methoxy groups -OCH3 is 1. The Morgan fingerprint density at radius 1 is 1.03 bits per heavy atom. The number of benzene rings is 1. The summed E-state index contributed by atoms with van der Waals surface area (Å²) in [6.45, 7) is 1.84. The quantitative estimate of drug-likeness (QED) is 0.428. The standard InChI is InChI=1S/C25H27N5O2/c1-28(2)13-14-30(17-19-5-4-6-22(15-19)32-3)25(31)23-18-29-12-9-21(16-24(29)27-23)20-7-10-26-11-8-20/h4-12,15-16,18H,13-14,17H2,1-3H3. The molecule has 0 aliphatic heterocycles. The van der Waals surface area contributed by atoms with Crippen LogP contribution in [0.2, 0.25) is 0 Å². The molecule has 3 heterocycles. The van der Waals surface area contributed by atoms with Gasteiger partial charge in [-0.25, -0.2) is 4.98 Å². The molecule has 7 nitrogen and oxygen atoms in total. The number of nitrogens with zero attached hydrogens (tertiary/aromatic N) is 5. The molecule has 3 aromatic heterocycles. The number of ether oxygens (including phenoxy) is 1. The van der Waals surface area contributed by atoms with E-state index in [4.69, 9.17) is 4.74 Å². The monoisotopic (exact) mass is 429 g/mol. The maximum absolute atomic E-state index is 13.4. The van der Waals surface area contributed by atoms with Crippen molar-refractivity contribution < 1.29 is 9.53 Å². The van der Waals surface area contributed by atoms with Gasteiger partial charge in [-0.05, 0) is 67.2 Å². The van der Waals surface area contributed by atoms with Crippen LogP contribution in [-0.2, 0) is 6.54 Å². The molecule has 0 aliphatic carbocycles. The highest BCUT2D eigenvalue weighted by Gasteiger charge is 2.20. The van der Waals surface area contributed by atoms with Crippen molar-refractivity contribution >= 4 is 11.6 Å². The fourth-order valence-electron chi connectivity index (χ4n) is 3.54. The first-order chi connectivity index (χ1) is 15.5. The zero-order chi connectivity index (χ0) is 22.5. The summed E-state index contributed by atoms with van der Waals surface area (Å²) in [7, 11) is 5.64. The summed E-state index contributed by atoms with van der Waals surface area (Å²) in [6.07, 6.45) is 7.26. The first kappa shape index (κ1) is 21.5. The number of imidazole rings is 1. The normalized spacial score (nSPS) is 11.1. The van der Waals surface area contributed by atoms with Crippen LogP contribution in [0.3, 0.4) is 0 Å². The van der Waals surface area contributed by atoms with Gasteiger partial charge in [0.25, 0.3) is 5.91 Å². The fraction of sp³-hybridized carbons (Fsp3) is 0.240. The second-order valence-corrected chi connectivity index (χ2v) is 7.92. The lowest BCUT2D eigenvalue weighted by Gasteiger charge is -2.24. The van der Waals surface area contributed by atoms with E-state index in [1.54, 1.807) is 25.7 Å². The molecule has 0 atom stereocenters. The molecule has 0 N–H and O–H groups in total. The molecule has 0 bridgehead atoms. The van der Waals surface area contributed by atoms with Gasteiger partial charge in [-0.3, -0.25) is 9.78 Å². The van der Waals surface area contributed by atoms with Crippen LogP contribution in [0.5, 0.6) is 5.75 Å². The molecule has 0 saturated heterocycles. The molecule has 0 spiro atoms. The molecule has 4 rings (SSSR count). The average molecular weight is 430 g/mol. The fourth-order valence-corrected chi connectivity index (χ4v) is 3.54. The van der Waals surface area contributed by atoms with Gasteiger partial charge in [0.15, 0.2) is 0 Å². The predicted molar refractivity (Wildman–Crippen MR) is 125 cm³/mol. The van der Waals surface area contributed by atoms with Crippen LogP contribution < -0.4 is 4.74 Å². The van der Waals surface area contributed by atoms with Crippen LogP contribution in [0.4, 0.5) is 0 Å². The summed E-state index contributed by atoms with van der Waals surface area (Å²) in [6, 6.07) is 15.7. The van der Waals surface area contributed by atoms with Crippen molar-refractivity contribution in [2.75, 3.05) is 34.3 Å². The Hall–Kier alpha value is -3.71. The molecule has 7 heteroatoms. The van der Waals surface area contributed by atoms with E-state index in [0.717, 1.165) is 34.6 Å². The molecule has 0 radical (unpaired) electrons. The van der Waals surface area contributed by atoms with Crippen molar-refractivity contribution in [3.8, 4) is 16.9 Å². The lowest BCUT2D eigenvalue weighted by molar-refractivity contribution is 0.0726. The summed E-state index contributed by atoms with van der Waals surface area (Å²) < 4.78 is 7.22. The molecule has 0 fully saturated rings. The third-order valence-electron chi connectivity index (χ3n) is 5.30. The van der Waals surface area contributed by atoms with E-state index in [9.17, 15) is 4.79 Å². The van der Waals surface area contributed by atoms with Crippen molar-refractivity contribution in [3.63, 3.8) is 0 Å². The molecule has 1 amide bonds. The number of hydrogen-bond acceptors (Lipinski definition) is 5. The number of carbonyl (C=O) groups is 1. The Labute approximate surface area is 187 Å². The SMILES string of the molecule is COc1cccc(CN(CCN(C)C)C(=O)c2cn3ccc(-c4ccncc4)cc3n2)c1. The van der Waals surface area contributed by atoms with E-state index in [2.05, 4.69) is 14.9 Å².